The maximum atomic E-state index is 13.4. The predicted octanol–water partition coefficient (Wildman–Crippen LogP) is 4.93. The number of piperazine rings is 1. The molecule has 3 aliphatic rings. The molecule has 5 heterocycles. The number of nitrogens with zero attached hydrogens (tertiary/aromatic N) is 9. The Morgan fingerprint density at radius 1 is 1.10 bits per heavy atom. The number of likely N-dealkylation sites (N-methyl/N-ethyl adjacent to an activating group) is 1. The fourth-order valence-corrected chi connectivity index (χ4v) is 7.50. The van der Waals surface area contributed by atoms with Crippen molar-refractivity contribution in [1.29, 1.82) is 5.26 Å². The number of hydrogen-bond donors (Lipinski definition) is 0. The zero-order chi connectivity index (χ0) is 33.2. The first-order valence-electron chi connectivity index (χ1n) is 16.6. The monoisotopic (exact) mass is 665 g/mol. The zero-order valence-corrected chi connectivity index (χ0v) is 28.2. The van der Waals surface area contributed by atoms with Crippen molar-refractivity contribution in [2.45, 2.75) is 51.2 Å². The van der Waals surface area contributed by atoms with E-state index in [2.05, 4.69) is 57.1 Å². The van der Waals surface area contributed by atoms with Crippen LogP contribution in [0, 0.1) is 18.3 Å². The van der Waals surface area contributed by atoms with E-state index in [1.54, 1.807) is 27.9 Å². The molecule has 7 rings (SSSR count). The number of carbonyl (C=O) groups is 1. The van der Waals surface area contributed by atoms with E-state index in [1.807, 2.05) is 25.3 Å². The van der Waals surface area contributed by atoms with E-state index in [0.717, 1.165) is 76.7 Å². The van der Waals surface area contributed by atoms with Crippen LogP contribution < -0.4 is 14.5 Å². The Labute approximate surface area is 286 Å². The van der Waals surface area contributed by atoms with Gasteiger partial charge in [0.1, 0.15) is 18.2 Å². The van der Waals surface area contributed by atoms with E-state index >= 15 is 0 Å². The van der Waals surface area contributed by atoms with Crippen molar-refractivity contribution in [2.24, 2.45) is 0 Å². The van der Waals surface area contributed by atoms with E-state index in [0.29, 0.717) is 44.8 Å². The van der Waals surface area contributed by atoms with Gasteiger partial charge in [-0.15, -0.1) is 0 Å². The topological polar surface area (TPSA) is 107 Å². The Morgan fingerprint density at radius 2 is 1.96 bits per heavy atom. The van der Waals surface area contributed by atoms with E-state index < -0.39 is 0 Å². The third-order valence-corrected chi connectivity index (χ3v) is 10.2. The number of benzene rings is 2. The van der Waals surface area contributed by atoms with Crippen LogP contribution in [0.15, 0.2) is 54.9 Å². The molecular formula is C36H40ClN9O2. The molecule has 0 N–H and O–H groups in total. The second-order valence-corrected chi connectivity index (χ2v) is 13.2. The van der Waals surface area contributed by atoms with Crippen LogP contribution in [0.1, 0.15) is 36.3 Å². The molecule has 0 radical (unpaired) electrons. The van der Waals surface area contributed by atoms with Crippen LogP contribution in [0.4, 0.5) is 11.5 Å². The van der Waals surface area contributed by atoms with Gasteiger partial charge >= 0.3 is 6.01 Å². The number of carbonyl (C=O) groups excluding carboxylic acids is 1. The van der Waals surface area contributed by atoms with Crippen LogP contribution in [0.2, 0.25) is 5.02 Å². The largest absolute Gasteiger partial charge is 0.462 e. The van der Waals surface area contributed by atoms with Gasteiger partial charge in [-0.05, 0) is 57.3 Å². The van der Waals surface area contributed by atoms with Gasteiger partial charge < -0.3 is 28.9 Å². The summed E-state index contributed by atoms with van der Waals surface area (Å²) in [6.45, 7) is 6.39. The molecule has 0 saturated carbocycles. The standard InChI is InChI=1S/C36H40ClN9O2/c1-25-39-15-19-43(25)18-13-33(47)46-21-20-45(22-27(46)11-14-38)35-29-12-17-44(32-10-4-7-26-6-3-9-30(37)34(26)32)23-31(29)40-36(41-35)48-24-28-8-5-16-42(28)2/h3-4,6-7,9-10,13,15,18-19,27-28H,5,8,11-12,16-17,20-24H2,1-2H3/b18-13+/t27-,28-/m0/s1. The molecule has 0 aliphatic carbocycles. The van der Waals surface area contributed by atoms with Gasteiger partial charge in [0.15, 0.2) is 0 Å². The van der Waals surface area contributed by atoms with Crippen LogP contribution in [-0.2, 0) is 17.8 Å². The number of aryl methyl sites for hydroxylation is 1. The third kappa shape index (κ3) is 6.42. The summed E-state index contributed by atoms with van der Waals surface area (Å²) < 4.78 is 8.14. The van der Waals surface area contributed by atoms with Gasteiger partial charge in [0.25, 0.3) is 0 Å². The molecule has 0 bridgehead atoms. The van der Waals surface area contributed by atoms with Crippen LogP contribution in [-0.4, -0.2) is 93.7 Å². The summed E-state index contributed by atoms with van der Waals surface area (Å²) in [7, 11) is 2.13. The number of ether oxygens (including phenoxy) is 1. The second kappa shape index (κ2) is 13.8. The lowest BCUT2D eigenvalue weighted by molar-refractivity contribution is -0.128. The van der Waals surface area contributed by atoms with Gasteiger partial charge in [-0.25, -0.2) is 4.98 Å². The summed E-state index contributed by atoms with van der Waals surface area (Å²) in [4.78, 5) is 36.3. The maximum absolute atomic E-state index is 13.4. The Kier molecular flexibility index (Phi) is 9.19. The van der Waals surface area contributed by atoms with E-state index in [-0.39, 0.29) is 18.4 Å². The molecule has 0 spiro atoms. The number of imidazole rings is 1. The van der Waals surface area contributed by atoms with E-state index in [4.69, 9.17) is 26.3 Å². The van der Waals surface area contributed by atoms with Crippen molar-refractivity contribution >= 4 is 46.0 Å². The van der Waals surface area contributed by atoms with Gasteiger partial charge in [0.2, 0.25) is 5.91 Å². The van der Waals surface area contributed by atoms with Crippen LogP contribution >= 0.6 is 11.6 Å². The van der Waals surface area contributed by atoms with Crippen molar-refractivity contribution in [1.82, 2.24) is 29.3 Å². The third-order valence-electron chi connectivity index (χ3n) is 9.90. The minimum atomic E-state index is -0.287. The summed E-state index contributed by atoms with van der Waals surface area (Å²) in [5.74, 6) is 1.51. The van der Waals surface area contributed by atoms with Gasteiger partial charge in [0, 0.05) is 73.5 Å². The van der Waals surface area contributed by atoms with E-state index in [9.17, 15) is 10.1 Å². The van der Waals surface area contributed by atoms with Crippen molar-refractivity contribution < 1.29 is 9.53 Å². The molecule has 12 heteroatoms. The lowest BCUT2D eigenvalue weighted by Gasteiger charge is -2.42. The molecule has 4 aromatic rings. The first-order chi connectivity index (χ1) is 23.4. The first-order valence-corrected chi connectivity index (χ1v) is 17.0. The van der Waals surface area contributed by atoms with Gasteiger partial charge in [0.05, 0.1) is 35.8 Å². The quantitative estimate of drug-likeness (QED) is 0.242. The zero-order valence-electron chi connectivity index (χ0n) is 27.4. The normalized spacial score (nSPS) is 20.0. The number of fused-ring (bicyclic) bond motifs is 2. The average Bonchev–Trinajstić information content (AvgIpc) is 3.72. The molecule has 11 nitrogen and oxygen atoms in total. The van der Waals surface area contributed by atoms with Crippen molar-refractivity contribution in [3.63, 3.8) is 0 Å². The van der Waals surface area contributed by atoms with Crippen LogP contribution in [0.5, 0.6) is 6.01 Å². The summed E-state index contributed by atoms with van der Waals surface area (Å²) in [6, 6.07) is 15.0. The predicted molar refractivity (Wildman–Crippen MR) is 187 cm³/mol. The Bertz CT molecular complexity index is 1880. The highest BCUT2D eigenvalue weighted by atomic mass is 35.5. The second-order valence-electron chi connectivity index (χ2n) is 12.8. The number of halogens is 1. The molecule has 248 valence electrons. The minimum Gasteiger partial charge on any atom is -0.462 e. The SMILES string of the molecule is Cc1nccn1/C=C/C(=O)N1CCN(c2nc(OC[C@@H]3CCCN3C)nc3c2CCN(c2cccc4cccc(Cl)c24)C3)C[C@@H]1CC#N. The molecule has 2 saturated heterocycles. The lowest BCUT2D eigenvalue weighted by Crippen LogP contribution is -2.55. The smallest absolute Gasteiger partial charge is 0.318 e. The number of likely N-dealkylation sites (tertiary alicyclic amines) is 1. The molecule has 2 fully saturated rings. The molecule has 2 aromatic heterocycles. The fraction of sp³-hybridized carbons (Fsp3) is 0.417. The number of anilines is 2. The van der Waals surface area contributed by atoms with Crippen molar-refractivity contribution in [2.75, 3.05) is 56.2 Å². The number of aromatic nitrogens is 4. The minimum absolute atomic E-state index is 0.123. The van der Waals surface area contributed by atoms with Crippen molar-refractivity contribution in [3.8, 4) is 12.1 Å². The summed E-state index contributed by atoms with van der Waals surface area (Å²) in [6.07, 6.45) is 10.00. The molecule has 48 heavy (non-hydrogen) atoms. The average molecular weight is 666 g/mol. The van der Waals surface area contributed by atoms with E-state index in [1.165, 1.54) is 0 Å². The lowest BCUT2D eigenvalue weighted by atomic mass is 10.0. The summed E-state index contributed by atoms with van der Waals surface area (Å²) in [5.41, 5.74) is 3.10. The number of nitriles is 1. The number of rotatable bonds is 8. The molecule has 0 unspecified atom stereocenters. The van der Waals surface area contributed by atoms with Gasteiger partial charge in [-0.3, -0.25) is 4.79 Å². The number of amides is 1. The van der Waals surface area contributed by atoms with Gasteiger partial charge in [-0.2, -0.15) is 15.2 Å². The van der Waals surface area contributed by atoms with Crippen LogP contribution in [0.3, 0.4) is 0 Å². The Balaban J connectivity index is 1.18. The van der Waals surface area contributed by atoms with Gasteiger partial charge in [-0.1, -0.05) is 35.9 Å². The first kappa shape index (κ1) is 31.9. The Hall–Kier alpha value is -4.66. The summed E-state index contributed by atoms with van der Waals surface area (Å²) >= 11 is 6.73. The van der Waals surface area contributed by atoms with Crippen LogP contribution in [0.25, 0.3) is 17.0 Å². The Morgan fingerprint density at radius 3 is 2.73 bits per heavy atom. The molecule has 3 aliphatic heterocycles. The fourth-order valence-electron chi connectivity index (χ4n) is 7.22. The highest BCUT2D eigenvalue weighted by Gasteiger charge is 2.34. The molecule has 2 atom stereocenters. The highest BCUT2D eigenvalue weighted by Crippen LogP contribution is 2.37. The number of hydrogen-bond acceptors (Lipinski definition) is 9. The summed E-state index contributed by atoms with van der Waals surface area (Å²) in [5, 5.41) is 12.6. The molecule has 1 amide bonds. The molecular weight excluding hydrogens is 626 g/mol. The molecule has 2 aromatic carbocycles. The maximum Gasteiger partial charge on any atom is 0.318 e. The highest BCUT2D eigenvalue weighted by molar-refractivity contribution is 6.36. The van der Waals surface area contributed by atoms with Crippen molar-refractivity contribution in [3.05, 3.63) is 77.0 Å².